The molecule has 1 N–H and O–H groups in total. The van der Waals surface area contributed by atoms with Crippen molar-refractivity contribution in [3.8, 4) is 5.75 Å². The number of esters is 1. The lowest BCUT2D eigenvalue weighted by molar-refractivity contribution is -0.153. The van der Waals surface area contributed by atoms with Crippen molar-refractivity contribution >= 4 is 5.97 Å². The Kier molecular flexibility index (Phi) is 5.61. The van der Waals surface area contributed by atoms with Gasteiger partial charge in [-0.15, -0.1) is 0 Å². The monoisotopic (exact) mass is 254 g/mol. The number of hydrogen-bond donors (Lipinski definition) is 1. The summed E-state index contributed by atoms with van der Waals surface area (Å²) in [5, 5.41) is 10.0. The van der Waals surface area contributed by atoms with E-state index in [2.05, 4.69) is 0 Å². The van der Waals surface area contributed by atoms with Crippen LogP contribution in [-0.4, -0.2) is 31.9 Å². The largest absolute Gasteiger partial charge is 0.496 e. The average molecular weight is 254 g/mol. The summed E-state index contributed by atoms with van der Waals surface area (Å²) in [7, 11) is 3.02. The average Bonchev–Trinajstić information content (AvgIpc) is 2.38. The van der Waals surface area contributed by atoms with Crippen LogP contribution in [0.5, 0.6) is 5.75 Å². The molecule has 100 valence electrons. The van der Waals surface area contributed by atoms with Gasteiger partial charge in [0, 0.05) is 12.7 Å². The van der Waals surface area contributed by atoms with Gasteiger partial charge in [-0.05, 0) is 18.6 Å². The van der Waals surface area contributed by atoms with Crippen LogP contribution in [0.1, 0.15) is 24.2 Å². The number of aliphatic hydroxyl groups is 1. The first-order valence-corrected chi connectivity index (χ1v) is 5.65. The zero-order chi connectivity index (χ0) is 13.5. The molecule has 5 nitrogen and oxygen atoms in total. The molecule has 1 atom stereocenters. The van der Waals surface area contributed by atoms with Crippen molar-refractivity contribution in [2.45, 2.75) is 19.6 Å². The Balaban J connectivity index is 3.13. The van der Waals surface area contributed by atoms with Crippen LogP contribution < -0.4 is 4.74 Å². The normalized spacial score (nSPS) is 12.0. The molecule has 0 aliphatic rings. The van der Waals surface area contributed by atoms with Gasteiger partial charge in [0.25, 0.3) is 0 Å². The highest BCUT2D eigenvalue weighted by atomic mass is 16.5. The molecular formula is C13H18O5. The van der Waals surface area contributed by atoms with Gasteiger partial charge in [0.05, 0.1) is 20.3 Å². The Morgan fingerprint density at radius 3 is 2.67 bits per heavy atom. The van der Waals surface area contributed by atoms with Gasteiger partial charge in [0.2, 0.25) is 0 Å². The number of rotatable bonds is 6. The smallest absolute Gasteiger partial charge is 0.339 e. The summed E-state index contributed by atoms with van der Waals surface area (Å²) >= 11 is 0. The summed E-state index contributed by atoms with van der Waals surface area (Å²) in [5.74, 6) is -0.260. The molecule has 1 aromatic rings. The maximum atomic E-state index is 11.6. The van der Waals surface area contributed by atoms with Crippen LogP contribution in [0.15, 0.2) is 18.2 Å². The van der Waals surface area contributed by atoms with Crippen molar-refractivity contribution in [2.24, 2.45) is 0 Å². The second kappa shape index (κ2) is 6.98. The van der Waals surface area contributed by atoms with E-state index in [0.717, 1.165) is 0 Å². The van der Waals surface area contributed by atoms with E-state index < -0.39 is 12.1 Å². The van der Waals surface area contributed by atoms with Gasteiger partial charge in [-0.1, -0.05) is 12.1 Å². The Hall–Kier alpha value is -1.59. The second-order valence-corrected chi connectivity index (χ2v) is 3.62. The van der Waals surface area contributed by atoms with Crippen molar-refractivity contribution in [3.05, 3.63) is 29.3 Å². The van der Waals surface area contributed by atoms with Crippen LogP contribution in [-0.2, 0) is 20.9 Å². The fourth-order valence-corrected chi connectivity index (χ4v) is 1.70. The molecule has 0 bridgehead atoms. The zero-order valence-corrected chi connectivity index (χ0v) is 10.8. The molecule has 0 saturated carbocycles. The van der Waals surface area contributed by atoms with Crippen molar-refractivity contribution in [3.63, 3.8) is 0 Å². The molecule has 0 saturated heterocycles. The highest BCUT2D eigenvalue weighted by Crippen LogP contribution is 2.30. The maximum absolute atomic E-state index is 11.6. The molecule has 1 rings (SSSR count). The zero-order valence-electron chi connectivity index (χ0n) is 10.8. The van der Waals surface area contributed by atoms with Crippen LogP contribution in [0.3, 0.4) is 0 Å². The molecule has 0 spiro atoms. The number of carbonyl (C=O) groups excluding carboxylic acids is 1. The highest BCUT2D eigenvalue weighted by molar-refractivity contribution is 5.78. The lowest BCUT2D eigenvalue weighted by atomic mass is 10.0. The molecule has 0 radical (unpaired) electrons. The quantitative estimate of drug-likeness (QED) is 0.778. The maximum Gasteiger partial charge on any atom is 0.339 e. The highest BCUT2D eigenvalue weighted by Gasteiger charge is 2.25. The third-order valence-corrected chi connectivity index (χ3v) is 2.46. The Morgan fingerprint density at radius 2 is 2.11 bits per heavy atom. The molecule has 5 heteroatoms. The van der Waals surface area contributed by atoms with Gasteiger partial charge in [-0.25, -0.2) is 4.79 Å². The predicted molar refractivity (Wildman–Crippen MR) is 65.3 cm³/mol. The third-order valence-electron chi connectivity index (χ3n) is 2.46. The van der Waals surface area contributed by atoms with Crippen molar-refractivity contribution in [1.29, 1.82) is 0 Å². The van der Waals surface area contributed by atoms with E-state index >= 15 is 0 Å². The van der Waals surface area contributed by atoms with E-state index in [1.807, 2.05) is 0 Å². The Labute approximate surface area is 106 Å². The summed E-state index contributed by atoms with van der Waals surface area (Å²) < 4.78 is 15.0. The number of ether oxygens (including phenoxy) is 3. The molecule has 0 fully saturated rings. The minimum Gasteiger partial charge on any atom is -0.496 e. The lowest BCUT2D eigenvalue weighted by Gasteiger charge is -2.17. The number of carbonyl (C=O) groups is 1. The molecule has 0 amide bonds. The number of hydrogen-bond acceptors (Lipinski definition) is 5. The SMILES string of the molecule is CCOC(=O)C(O)c1c(COC)cccc1OC. The minimum absolute atomic E-state index is 0.213. The van der Waals surface area contributed by atoms with Gasteiger partial charge in [-0.2, -0.15) is 0 Å². The van der Waals surface area contributed by atoms with Crippen LogP contribution >= 0.6 is 0 Å². The number of benzene rings is 1. The molecule has 0 aliphatic carbocycles. The van der Waals surface area contributed by atoms with Crippen LogP contribution in [0.25, 0.3) is 0 Å². The van der Waals surface area contributed by atoms with Crippen molar-refractivity contribution in [2.75, 3.05) is 20.8 Å². The van der Waals surface area contributed by atoms with E-state index in [1.54, 1.807) is 32.2 Å². The summed E-state index contributed by atoms with van der Waals surface area (Å²) in [6.07, 6.45) is -1.37. The van der Waals surface area contributed by atoms with Gasteiger partial charge < -0.3 is 19.3 Å². The van der Waals surface area contributed by atoms with Crippen molar-refractivity contribution in [1.82, 2.24) is 0 Å². The molecular weight excluding hydrogens is 236 g/mol. The summed E-state index contributed by atoms with van der Waals surface area (Å²) in [5.41, 5.74) is 1.08. The molecule has 1 unspecified atom stereocenters. The van der Waals surface area contributed by atoms with E-state index in [4.69, 9.17) is 14.2 Å². The Morgan fingerprint density at radius 1 is 1.39 bits per heavy atom. The first kappa shape index (κ1) is 14.5. The molecule has 0 aliphatic heterocycles. The summed E-state index contributed by atoms with van der Waals surface area (Å²) in [6.45, 7) is 2.18. The van der Waals surface area contributed by atoms with E-state index in [9.17, 15) is 9.90 Å². The fraction of sp³-hybridized carbons (Fsp3) is 0.462. The summed E-state index contributed by atoms with van der Waals surface area (Å²) in [6, 6.07) is 5.22. The second-order valence-electron chi connectivity index (χ2n) is 3.62. The van der Waals surface area contributed by atoms with Crippen LogP contribution in [0.4, 0.5) is 0 Å². The molecule has 18 heavy (non-hydrogen) atoms. The first-order valence-electron chi connectivity index (χ1n) is 5.65. The lowest BCUT2D eigenvalue weighted by Crippen LogP contribution is -2.18. The van der Waals surface area contributed by atoms with E-state index in [0.29, 0.717) is 16.9 Å². The van der Waals surface area contributed by atoms with Crippen LogP contribution in [0.2, 0.25) is 0 Å². The standard InChI is InChI=1S/C13H18O5/c1-4-18-13(15)12(14)11-9(8-16-2)6-5-7-10(11)17-3/h5-7,12,14H,4,8H2,1-3H3. The van der Waals surface area contributed by atoms with Gasteiger partial charge >= 0.3 is 5.97 Å². The third kappa shape index (κ3) is 3.21. The van der Waals surface area contributed by atoms with Crippen molar-refractivity contribution < 1.29 is 24.1 Å². The van der Waals surface area contributed by atoms with E-state index in [-0.39, 0.29) is 13.2 Å². The van der Waals surface area contributed by atoms with Gasteiger partial charge in [-0.3, -0.25) is 0 Å². The van der Waals surface area contributed by atoms with Crippen LogP contribution in [0, 0.1) is 0 Å². The minimum atomic E-state index is -1.37. The fourth-order valence-electron chi connectivity index (χ4n) is 1.70. The topological polar surface area (TPSA) is 65.0 Å². The first-order chi connectivity index (χ1) is 8.65. The van der Waals surface area contributed by atoms with Gasteiger partial charge in [0.15, 0.2) is 6.10 Å². The van der Waals surface area contributed by atoms with E-state index in [1.165, 1.54) is 7.11 Å². The Bertz CT molecular complexity index is 402. The van der Waals surface area contributed by atoms with Gasteiger partial charge in [0.1, 0.15) is 5.75 Å². The summed E-state index contributed by atoms with van der Waals surface area (Å²) in [4.78, 5) is 11.6. The number of methoxy groups -OCH3 is 2. The number of aliphatic hydroxyl groups excluding tert-OH is 1. The predicted octanol–water partition coefficient (Wildman–Crippen LogP) is 1.44. The molecule has 0 heterocycles. The molecule has 0 aromatic heterocycles. The molecule has 1 aromatic carbocycles.